The Hall–Kier alpha value is -2.27. The molecule has 0 saturated heterocycles. The summed E-state index contributed by atoms with van der Waals surface area (Å²) >= 11 is 5.78. The summed E-state index contributed by atoms with van der Waals surface area (Å²) in [5.41, 5.74) is 0.832. The number of ether oxygens (including phenoxy) is 1. The van der Waals surface area contributed by atoms with Gasteiger partial charge in [-0.15, -0.1) is 0 Å². The van der Waals surface area contributed by atoms with E-state index in [0.717, 1.165) is 5.56 Å². The Morgan fingerprint density at radius 2 is 1.83 bits per heavy atom. The van der Waals surface area contributed by atoms with Gasteiger partial charge in [-0.25, -0.2) is 9.18 Å². The molecule has 0 saturated carbocycles. The molecule has 23 heavy (non-hydrogen) atoms. The minimum absolute atomic E-state index is 0.215. The summed E-state index contributed by atoms with van der Waals surface area (Å²) in [6, 6.07) is 12.5. The van der Waals surface area contributed by atoms with Crippen molar-refractivity contribution >= 4 is 17.6 Å². The van der Waals surface area contributed by atoms with Crippen LogP contribution in [-0.2, 0) is 0 Å². The van der Waals surface area contributed by atoms with Gasteiger partial charge in [0.25, 0.3) is 0 Å². The quantitative estimate of drug-likeness (QED) is 0.786. The van der Waals surface area contributed by atoms with Crippen molar-refractivity contribution in [3.63, 3.8) is 0 Å². The van der Waals surface area contributed by atoms with Gasteiger partial charge >= 0.3 is 6.03 Å². The number of benzene rings is 2. The highest BCUT2D eigenvalue weighted by molar-refractivity contribution is 6.30. The van der Waals surface area contributed by atoms with E-state index < -0.39 is 0 Å². The normalized spacial score (nSPS) is 11.6. The molecule has 2 N–H and O–H groups in total. The van der Waals surface area contributed by atoms with Crippen molar-refractivity contribution in [1.82, 2.24) is 10.6 Å². The van der Waals surface area contributed by atoms with E-state index in [4.69, 9.17) is 16.3 Å². The van der Waals surface area contributed by atoms with Crippen LogP contribution in [0.4, 0.5) is 9.18 Å². The number of carbonyl (C=O) groups excluding carboxylic acids is 1. The van der Waals surface area contributed by atoms with Crippen LogP contribution < -0.4 is 15.4 Å². The average Bonchev–Trinajstić information content (AvgIpc) is 2.54. The SMILES string of the molecule is CC(NC(=O)NCCOc1ccc(Cl)cc1)c1ccc(F)cc1. The maximum absolute atomic E-state index is 12.9. The van der Waals surface area contributed by atoms with Crippen LogP contribution in [0.2, 0.25) is 5.02 Å². The number of amides is 2. The third-order valence-electron chi connectivity index (χ3n) is 3.19. The van der Waals surface area contributed by atoms with Crippen molar-refractivity contribution in [3.05, 3.63) is 64.9 Å². The highest BCUT2D eigenvalue weighted by Crippen LogP contribution is 2.15. The van der Waals surface area contributed by atoms with E-state index in [0.29, 0.717) is 23.9 Å². The van der Waals surface area contributed by atoms with Crippen LogP contribution in [0, 0.1) is 5.82 Å². The van der Waals surface area contributed by atoms with Crippen molar-refractivity contribution in [2.75, 3.05) is 13.2 Å². The van der Waals surface area contributed by atoms with Crippen LogP contribution in [0.25, 0.3) is 0 Å². The molecule has 2 aromatic carbocycles. The fourth-order valence-corrected chi connectivity index (χ4v) is 2.07. The van der Waals surface area contributed by atoms with Crippen LogP contribution >= 0.6 is 11.6 Å². The van der Waals surface area contributed by atoms with Gasteiger partial charge in [0.05, 0.1) is 12.6 Å². The molecule has 0 aliphatic heterocycles. The van der Waals surface area contributed by atoms with Crippen LogP contribution in [0.1, 0.15) is 18.5 Å². The lowest BCUT2D eigenvalue weighted by Gasteiger charge is -2.15. The average molecular weight is 337 g/mol. The Morgan fingerprint density at radius 3 is 2.48 bits per heavy atom. The second kappa shape index (κ2) is 8.39. The number of urea groups is 1. The second-order valence-corrected chi connectivity index (χ2v) is 5.41. The molecule has 0 spiro atoms. The molecule has 0 fully saturated rings. The van der Waals surface area contributed by atoms with Crippen LogP contribution in [0.3, 0.4) is 0 Å². The summed E-state index contributed by atoms with van der Waals surface area (Å²) in [5.74, 6) is 0.390. The lowest BCUT2D eigenvalue weighted by Crippen LogP contribution is -2.38. The summed E-state index contributed by atoms with van der Waals surface area (Å²) < 4.78 is 18.3. The number of halogens is 2. The Bertz CT molecular complexity index is 632. The summed E-state index contributed by atoms with van der Waals surface area (Å²) in [6.07, 6.45) is 0. The fraction of sp³-hybridized carbons (Fsp3) is 0.235. The van der Waals surface area contributed by atoms with Gasteiger partial charge < -0.3 is 15.4 Å². The maximum Gasteiger partial charge on any atom is 0.315 e. The summed E-state index contributed by atoms with van der Waals surface area (Å²) in [5, 5.41) is 6.12. The lowest BCUT2D eigenvalue weighted by atomic mass is 10.1. The Balaban J connectivity index is 1.68. The molecule has 0 bridgehead atoms. The molecular formula is C17H18ClFN2O2. The predicted molar refractivity (Wildman–Crippen MR) is 88.3 cm³/mol. The van der Waals surface area contributed by atoms with Crippen molar-refractivity contribution in [2.24, 2.45) is 0 Å². The van der Waals surface area contributed by atoms with E-state index in [1.54, 1.807) is 36.4 Å². The monoisotopic (exact) mass is 336 g/mol. The molecule has 2 aromatic rings. The van der Waals surface area contributed by atoms with Crippen molar-refractivity contribution in [2.45, 2.75) is 13.0 Å². The summed E-state index contributed by atoms with van der Waals surface area (Å²) in [4.78, 5) is 11.8. The standard InChI is InChI=1S/C17H18ClFN2O2/c1-12(13-2-6-15(19)7-3-13)21-17(22)20-10-11-23-16-8-4-14(18)5-9-16/h2-9,12H,10-11H2,1H3,(H2,20,21,22). The number of nitrogens with one attached hydrogen (secondary N) is 2. The molecule has 6 heteroatoms. The molecule has 0 aliphatic rings. The molecule has 122 valence electrons. The van der Waals surface area contributed by atoms with E-state index in [1.807, 2.05) is 6.92 Å². The van der Waals surface area contributed by atoms with E-state index in [2.05, 4.69) is 10.6 Å². The van der Waals surface area contributed by atoms with Gasteiger partial charge in [-0.3, -0.25) is 0 Å². The van der Waals surface area contributed by atoms with Crippen LogP contribution in [0.15, 0.2) is 48.5 Å². The Labute approximate surface area is 139 Å². The smallest absolute Gasteiger partial charge is 0.315 e. The zero-order valence-electron chi connectivity index (χ0n) is 12.7. The third-order valence-corrected chi connectivity index (χ3v) is 3.44. The van der Waals surface area contributed by atoms with E-state index >= 15 is 0 Å². The first-order valence-corrected chi connectivity index (χ1v) is 7.60. The minimum Gasteiger partial charge on any atom is -0.492 e. The topological polar surface area (TPSA) is 50.4 Å². The third kappa shape index (κ3) is 5.79. The molecule has 1 atom stereocenters. The number of hydrogen-bond donors (Lipinski definition) is 2. The number of carbonyl (C=O) groups is 1. The molecule has 4 nitrogen and oxygen atoms in total. The number of rotatable bonds is 6. The largest absolute Gasteiger partial charge is 0.492 e. The number of hydrogen-bond acceptors (Lipinski definition) is 2. The predicted octanol–water partition coefficient (Wildman–Crippen LogP) is 3.92. The van der Waals surface area contributed by atoms with Gasteiger partial charge in [-0.05, 0) is 48.9 Å². The van der Waals surface area contributed by atoms with Crippen molar-refractivity contribution in [3.8, 4) is 5.75 Å². The highest BCUT2D eigenvalue weighted by Gasteiger charge is 2.08. The zero-order valence-corrected chi connectivity index (χ0v) is 13.4. The molecule has 0 aromatic heterocycles. The van der Waals surface area contributed by atoms with Gasteiger partial charge in [-0.1, -0.05) is 23.7 Å². The molecule has 2 amide bonds. The highest BCUT2D eigenvalue weighted by atomic mass is 35.5. The van der Waals surface area contributed by atoms with Crippen molar-refractivity contribution < 1.29 is 13.9 Å². The summed E-state index contributed by atoms with van der Waals surface area (Å²) in [7, 11) is 0. The van der Waals surface area contributed by atoms with E-state index in [1.165, 1.54) is 12.1 Å². The molecular weight excluding hydrogens is 319 g/mol. The van der Waals surface area contributed by atoms with Gasteiger partial charge in [0.2, 0.25) is 0 Å². The summed E-state index contributed by atoms with van der Waals surface area (Å²) in [6.45, 7) is 2.54. The van der Waals surface area contributed by atoms with Crippen LogP contribution in [-0.4, -0.2) is 19.2 Å². The van der Waals surface area contributed by atoms with Gasteiger partial charge in [0.1, 0.15) is 18.2 Å². The first-order chi connectivity index (χ1) is 11.0. The molecule has 1 unspecified atom stereocenters. The van der Waals surface area contributed by atoms with E-state index in [-0.39, 0.29) is 17.9 Å². The zero-order chi connectivity index (χ0) is 16.7. The fourth-order valence-electron chi connectivity index (χ4n) is 1.95. The molecule has 0 heterocycles. The maximum atomic E-state index is 12.9. The van der Waals surface area contributed by atoms with Gasteiger partial charge in [0, 0.05) is 5.02 Å². The van der Waals surface area contributed by atoms with Crippen LogP contribution in [0.5, 0.6) is 5.75 Å². The van der Waals surface area contributed by atoms with E-state index in [9.17, 15) is 9.18 Å². The molecule has 0 aliphatic carbocycles. The first kappa shape index (κ1) is 17.1. The minimum atomic E-state index is -0.304. The second-order valence-electron chi connectivity index (χ2n) is 4.98. The van der Waals surface area contributed by atoms with Gasteiger partial charge in [-0.2, -0.15) is 0 Å². The molecule has 0 radical (unpaired) electrons. The Morgan fingerprint density at radius 1 is 1.17 bits per heavy atom. The lowest BCUT2D eigenvalue weighted by molar-refractivity contribution is 0.233. The van der Waals surface area contributed by atoms with Gasteiger partial charge in [0.15, 0.2) is 0 Å². The Kier molecular flexibility index (Phi) is 6.23. The first-order valence-electron chi connectivity index (χ1n) is 7.23. The van der Waals surface area contributed by atoms with Crippen molar-refractivity contribution in [1.29, 1.82) is 0 Å². The molecule has 2 rings (SSSR count).